The van der Waals surface area contributed by atoms with Crippen molar-refractivity contribution in [1.82, 2.24) is 10.3 Å². The first kappa shape index (κ1) is 11.6. The molecule has 0 saturated heterocycles. The molecule has 0 spiro atoms. The van der Waals surface area contributed by atoms with Gasteiger partial charge < -0.3 is 5.32 Å². The van der Waals surface area contributed by atoms with Gasteiger partial charge in [-0.05, 0) is 36.8 Å². The number of nitrogens with zero attached hydrogens (tertiary/aromatic N) is 1. The van der Waals surface area contributed by atoms with E-state index in [2.05, 4.69) is 29.4 Å². The summed E-state index contributed by atoms with van der Waals surface area (Å²) in [5, 5.41) is 3.59. The van der Waals surface area contributed by atoms with E-state index >= 15 is 0 Å². The van der Waals surface area contributed by atoms with Crippen molar-refractivity contribution in [2.24, 2.45) is 5.41 Å². The summed E-state index contributed by atoms with van der Waals surface area (Å²) in [5.74, 6) is 0. The highest BCUT2D eigenvalue weighted by Crippen LogP contribution is 2.42. The first-order valence-corrected chi connectivity index (χ1v) is 6.45. The average molecular weight is 218 g/mol. The molecule has 0 atom stereocenters. The second kappa shape index (κ2) is 5.44. The molecule has 1 aromatic rings. The standard InChI is InChI=1S/C14H22N2/c1-2-14(8-5-9-14)12-15-11-7-13-6-3-4-10-16-13/h3-4,6,10,15H,2,5,7-9,11-12H2,1H3. The maximum Gasteiger partial charge on any atom is 0.0416 e. The molecule has 0 radical (unpaired) electrons. The summed E-state index contributed by atoms with van der Waals surface area (Å²) in [6.45, 7) is 4.56. The van der Waals surface area contributed by atoms with Gasteiger partial charge in [-0.3, -0.25) is 4.98 Å². The number of pyridine rings is 1. The lowest BCUT2D eigenvalue weighted by Crippen LogP contribution is -2.40. The molecule has 0 aliphatic heterocycles. The molecule has 16 heavy (non-hydrogen) atoms. The van der Waals surface area contributed by atoms with Crippen LogP contribution in [0.1, 0.15) is 38.3 Å². The Hall–Kier alpha value is -0.890. The molecular weight excluding hydrogens is 196 g/mol. The number of hydrogen-bond acceptors (Lipinski definition) is 2. The predicted molar refractivity (Wildman–Crippen MR) is 67.4 cm³/mol. The van der Waals surface area contributed by atoms with Gasteiger partial charge in [0.25, 0.3) is 0 Å². The minimum absolute atomic E-state index is 0.629. The van der Waals surface area contributed by atoms with Crippen LogP contribution in [0.2, 0.25) is 0 Å². The molecule has 1 aromatic heterocycles. The van der Waals surface area contributed by atoms with E-state index < -0.39 is 0 Å². The van der Waals surface area contributed by atoms with Gasteiger partial charge in [-0.1, -0.05) is 19.4 Å². The highest BCUT2D eigenvalue weighted by Gasteiger charge is 2.34. The van der Waals surface area contributed by atoms with Crippen LogP contribution in [0, 0.1) is 5.41 Å². The zero-order valence-corrected chi connectivity index (χ0v) is 10.2. The largest absolute Gasteiger partial charge is 0.316 e. The van der Waals surface area contributed by atoms with Gasteiger partial charge in [0.2, 0.25) is 0 Å². The molecule has 1 fully saturated rings. The molecule has 1 aliphatic rings. The van der Waals surface area contributed by atoms with Gasteiger partial charge in [-0.15, -0.1) is 0 Å². The summed E-state index contributed by atoms with van der Waals surface area (Å²) >= 11 is 0. The molecule has 1 N–H and O–H groups in total. The van der Waals surface area contributed by atoms with Crippen molar-refractivity contribution in [3.05, 3.63) is 30.1 Å². The van der Waals surface area contributed by atoms with Gasteiger partial charge >= 0.3 is 0 Å². The molecule has 0 amide bonds. The van der Waals surface area contributed by atoms with E-state index in [1.54, 1.807) is 0 Å². The molecule has 2 rings (SSSR count). The first-order chi connectivity index (χ1) is 7.85. The Morgan fingerprint density at radius 2 is 2.25 bits per heavy atom. The molecule has 1 heterocycles. The molecule has 2 heteroatoms. The maximum atomic E-state index is 4.33. The fraction of sp³-hybridized carbons (Fsp3) is 0.643. The average Bonchev–Trinajstić information content (AvgIpc) is 2.29. The highest BCUT2D eigenvalue weighted by atomic mass is 14.9. The van der Waals surface area contributed by atoms with Crippen LogP contribution in [0.3, 0.4) is 0 Å². The molecule has 2 nitrogen and oxygen atoms in total. The van der Waals surface area contributed by atoms with Crippen LogP contribution in [0.15, 0.2) is 24.4 Å². The third-order valence-electron chi connectivity index (χ3n) is 3.95. The second-order valence-electron chi connectivity index (χ2n) is 4.95. The quantitative estimate of drug-likeness (QED) is 0.743. The molecule has 0 aromatic carbocycles. The second-order valence-corrected chi connectivity index (χ2v) is 4.95. The normalized spacial score (nSPS) is 18.1. The SMILES string of the molecule is CCC1(CNCCc2ccccn2)CCC1. The van der Waals surface area contributed by atoms with Crippen LogP contribution < -0.4 is 5.32 Å². The van der Waals surface area contributed by atoms with Crippen molar-refractivity contribution in [3.8, 4) is 0 Å². The van der Waals surface area contributed by atoms with Crippen molar-refractivity contribution in [3.63, 3.8) is 0 Å². The van der Waals surface area contributed by atoms with Gasteiger partial charge in [0.05, 0.1) is 0 Å². The molecule has 1 saturated carbocycles. The fourth-order valence-electron chi connectivity index (χ4n) is 2.45. The van der Waals surface area contributed by atoms with Crippen LogP contribution in [0.4, 0.5) is 0 Å². The number of aromatic nitrogens is 1. The summed E-state index contributed by atoms with van der Waals surface area (Å²) in [6, 6.07) is 6.12. The van der Waals surface area contributed by atoms with Crippen molar-refractivity contribution >= 4 is 0 Å². The van der Waals surface area contributed by atoms with E-state index in [9.17, 15) is 0 Å². The third-order valence-corrected chi connectivity index (χ3v) is 3.95. The zero-order chi connectivity index (χ0) is 11.3. The molecule has 1 aliphatic carbocycles. The van der Waals surface area contributed by atoms with E-state index in [4.69, 9.17) is 0 Å². The van der Waals surface area contributed by atoms with Gasteiger partial charge in [0.1, 0.15) is 0 Å². The highest BCUT2D eigenvalue weighted by molar-refractivity contribution is 5.03. The predicted octanol–water partition coefficient (Wildman–Crippen LogP) is 2.79. The minimum atomic E-state index is 0.629. The summed E-state index contributed by atoms with van der Waals surface area (Å²) in [4.78, 5) is 4.33. The van der Waals surface area contributed by atoms with Crippen LogP contribution in [0.25, 0.3) is 0 Å². The van der Waals surface area contributed by atoms with Gasteiger partial charge in [0, 0.05) is 31.4 Å². The lowest BCUT2D eigenvalue weighted by Gasteiger charge is -2.41. The van der Waals surface area contributed by atoms with E-state index in [-0.39, 0.29) is 0 Å². The summed E-state index contributed by atoms with van der Waals surface area (Å²) < 4.78 is 0. The van der Waals surface area contributed by atoms with Crippen LogP contribution in [-0.4, -0.2) is 18.1 Å². The molecule has 0 unspecified atom stereocenters. The summed E-state index contributed by atoms with van der Waals surface area (Å²) in [7, 11) is 0. The van der Waals surface area contributed by atoms with Crippen molar-refractivity contribution in [1.29, 1.82) is 0 Å². The van der Waals surface area contributed by atoms with Crippen LogP contribution in [-0.2, 0) is 6.42 Å². The molecule has 0 bridgehead atoms. The lowest BCUT2D eigenvalue weighted by molar-refractivity contribution is 0.124. The molecular formula is C14H22N2. The lowest BCUT2D eigenvalue weighted by atomic mass is 9.67. The topological polar surface area (TPSA) is 24.9 Å². The Bertz CT molecular complexity index is 298. The third kappa shape index (κ3) is 2.82. The van der Waals surface area contributed by atoms with Crippen molar-refractivity contribution in [2.75, 3.05) is 13.1 Å². The smallest absolute Gasteiger partial charge is 0.0416 e. The summed E-state index contributed by atoms with van der Waals surface area (Å²) in [5.41, 5.74) is 1.82. The van der Waals surface area contributed by atoms with E-state index in [0.29, 0.717) is 5.41 Å². The Balaban J connectivity index is 1.65. The van der Waals surface area contributed by atoms with E-state index in [1.165, 1.54) is 37.9 Å². The summed E-state index contributed by atoms with van der Waals surface area (Å²) in [6.07, 6.45) is 8.49. The number of rotatable bonds is 6. The number of hydrogen-bond donors (Lipinski definition) is 1. The number of nitrogens with one attached hydrogen (secondary N) is 1. The van der Waals surface area contributed by atoms with Crippen molar-refractivity contribution in [2.45, 2.75) is 39.0 Å². The Labute approximate surface area is 98.5 Å². The van der Waals surface area contributed by atoms with Crippen molar-refractivity contribution < 1.29 is 0 Å². The van der Waals surface area contributed by atoms with Crippen LogP contribution >= 0.6 is 0 Å². The first-order valence-electron chi connectivity index (χ1n) is 6.45. The fourth-order valence-corrected chi connectivity index (χ4v) is 2.45. The maximum absolute atomic E-state index is 4.33. The zero-order valence-electron chi connectivity index (χ0n) is 10.2. The molecule has 88 valence electrons. The van der Waals surface area contributed by atoms with Gasteiger partial charge in [-0.25, -0.2) is 0 Å². The Kier molecular flexibility index (Phi) is 3.94. The Morgan fingerprint density at radius 3 is 2.81 bits per heavy atom. The van der Waals surface area contributed by atoms with E-state index in [0.717, 1.165) is 13.0 Å². The van der Waals surface area contributed by atoms with E-state index in [1.807, 2.05) is 12.3 Å². The van der Waals surface area contributed by atoms with Gasteiger partial charge in [-0.2, -0.15) is 0 Å². The van der Waals surface area contributed by atoms with Crippen LogP contribution in [0.5, 0.6) is 0 Å². The monoisotopic (exact) mass is 218 g/mol. The Morgan fingerprint density at radius 1 is 1.38 bits per heavy atom. The van der Waals surface area contributed by atoms with Gasteiger partial charge in [0.15, 0.2) is 0 Å². The minimum Gasteiger partial charge on any atom is -0.316 e.